The molecule has 1 atom stereocenters. The van der Waals surface area contributed by atoms with Crippen LogP contribution in [0.5, 0.6) is 0 Å². The zero-order valence-corrected chi connectivity index (χ0v) is 13.2. The van der Waals surface area contributed by atoms with Gasteiger partial charge in [0.25, 0.3) is 0 Å². The van der Waals surface area contributed by atoms with Crippen LogP contribution in [-0.4, -0.2) is 45.0 Å². The average Bonchev–Trinajstić information content (AvgIpc) is 3.25. The molecule has 118 valence electrons. The Morgan fingerprint density at radius 2 is 2.26 bits per heavy atom. The van der Waals surface area contributed by atoms with Crippen molar-refractivity contribution >= 4 is 16.5 Å². The number of aromatic nitrogens is 5. The standard InChI is InChI=1S/C14H14N6O2S/c1-9-16-12(19-22-9)11-8-20(6-7-21-11)14-18-17-13(23-14)10-4-2-3-5-15-10/h2-5,11H,6-8H2,1H3. The van der Waals surface area contributed by atoms with Gasteiger partial charge in [-0.3, -0.25) is 4.98 Å². The minimum atomic E-state index is -0.219. The van der Waals surface area contributed by atoms with E-state index >= 15 is 0 Å². The number of aryl methyl sites for hydroxylation is 1. The van der Waals surface area contributed by atoms with Crippen LogP contribution in [0, 0.1) is 6.92 Å². The molecule has 1 fully saturated rings. The number of morpholine rings is 1. The first-order valence-electron chi connectivity index (χ1n) is 7.21. The smallest absolute Gasteiger partial charge is 0.223 e. The lowest BCUT2D eigenvalue weighted by Gasteiger charge is -2.30. The van der Waals surface area contributed by atoms with E-state index in [1.54, 1.807) is 13.1 Å². The minimum Gasteiger partial charge on any atom is -0.366 e. The van der Waals surface area contributed by atoms with E-state index in [4.69, 9.17) is 9.26 Å². The van der Waals surface area contributed by atoms with Gasteiger partial charge in [-0.05, 0) is 12.1 Å². The molecular weight excluding hydrogens is 316 g/mol. The first-order chi connectivity index (χ1) is 11.3. The molecule has 0 aliphatic carbocycles. The third-order valence-corrected chi connectivity index (χ3v) is 4.47. The Kier molecular flexibility index (Phi) is 3.72. The predicted molar refractivity (Wildman–Crippen MR) is 83.1 cm³/mol. The Balaban J connectivity index is 1.53. The normalized spacial score (nSPS) is 18.3. The fourth-order valence-corrected chi connectivity index (χ4v) is 3.22. The number of hydrogen-bond donors (Lipinski definition) is 0. The van der Waals surface area contributed by atoms with E-state index < -0.39 is 0 Å². The van der Waals surface area contributed by atoms with Crippen LogP contribution in [0.3, 0.4) is 0 Å². The lowest BCUT2D eigenvalue weighted by atomic mass is 10.2. The SMILES string of the molecule is Cc1nc(C2CN(c3nnc(-c4ccccn4)s3)CCO2)no1. The van der Waals surface area contributed by atoms with Crippen molar-refractivity contribution in [2.75, 3.05) is 24.6 Å². The Hall–Kier alpha value is -2.39. The number of ether oxygens (including phenoxy) is 1. The molecule has 9 heteroatoms. The van der Waals surface area contributed by atoms with Crippen molar-refractivity contribution in [2.24, 2.45) is 0 Å². The molecule has 0 spiro atoms. The minimum absolute atomic E-state index is 0.219. The van der Waals surface area contributed by atoms with Crippen LogP contribution in [0.25, 0.3) is 10.7 Å². The van der Waals surface area contributed by atoms with E-state index in [9.17, 15) is 0 Å². The summed E-state index contributed by atoms with van der Waals surface area (Å²) in [4.78, 5) is 10.7. The van der Waals surface area contributed by atoms with Crippen molar-refractivity contribution in [3.63, 3.8) is 0 Å². The van der Waals surface area contributed by atoms with Gasteiger partial charge in [-0.2, -0.15) is 4.98 Å². The molecule has 0 saturated carbocycles. The lowest BCUT2D eigenvalue weighted by Crippen LogP contribution is -2.38. The van der Waals surface area contributed by atoms with Crippen LogP contribution in [0.15, 0.2) is 28.9 Å². The fraction of sp³-hybridized carbons (Fsp3) is 0.357. The van der Waals surface area contributed by atoms with E-state index in [-0.39, 0.29) is 6.10 Å². The van der Waals surface area contributed by atoms with Gasteiger partial charge in [0.2, 0.25) is 16.8 Å². The van der Waals surface area contributed by atoms with Crippen molar-refractivity contribution in [3.8, 4) is 10.7 Å². The first kappa shape index (κ1) is 14.2. The van der Waals surface area contributed by atoms with Crippen LogP contribution in [-0.2, 0) is 4.74 Å². The molecule has 8 nitrogen and oxygen atoms in total. The summed E-state index contributed by atoms with van der Waals surface area (Å²) in [5.41, 5.74) is 0.829. The van der Waals surface area contributed by atoms with E-state index in [1.807, 2.05) is 18.2 Å². The van der Waals surface area contributed by atoms with Gasteiger partial charge in [-0.25, -0.2) is 0 Å². The Morgan fingerprint density at radius 1 is 1.30 bits per heavy atom. The summed E-state index contributed by atoms with van der Waals surface area (Å²) in [6, 6.07) is 5.74. The molecule has 23 heavy (non-hydrogen) atoms. The summed E-state index contributed by atoms with van der Waals surface area (Å²) in [7, 11) is 0. The second-order valence-corrected chi connectivity index (χ2v) is 6.04. The van der Waals surface area contributed by atoms with Crippen LogP contribution >= 0.6 is 11.3 Å². The molecule has 0 N–H and O–H groups in total. The largest absolute Gasteiger partial charge is 0.366 e. The van der Waals surface area contributed by atoms with Gasteiger partial charge in [0.1, 0.15) is 11.8 Å². The van der Waals surface area contributed by atoms with Crippen LogP contribution in [0.4, 0.5) is 5.13 Å². The lowest BCUT2D eigenvalue weighted by molar-refractivity contribution is 0.0326. The first-order valence-corrected chi connectivity index (χ1v) is 8.03. The molecule has 4 heterocycles. The average molecular weight is 330 g/mol. The summed E-state index contributed by atoms with van der Waals surface area (Å²) < 4.78 is 10.8. The predicted octanol–water partition coefficient (Wildman–Crippen LogP) is 1.87. The summed E-state index contributed by atoms with van der Waals surface area (Å²) in [5.74, 6) is 1.11. The van der Waals surface area contributed by atoms with Gasteiger partial charge in [0.15, 0.2) is 5.01 Å². The highest BCUT2D eigenvalue weighted by Gasteiger charge is 2.27. The number of hydrogen-bond acceptors (Lipinski definition) is 9. The van der Waals surface area contributed by atoms with Crippen molar-refractivity contribution in [2.45, 2.75) is 13.0 Å². The number of pyridine rings is 1. The van der Waals surface area contributed by atoms with Crippen molar-refractivity contribution in [1.29, 1.82) is 0 Å². The molecule has 0 radical (unpaired) electrons. The molecule has 0 amide bonds. The molecule has 3 aromatic heterocycles. The second kappa shape index (κ2) is 6.01. The highest BCUT2D eigenvalue weighted by Crippen LogP contribution is 2.30. The van der Waals surface area contributed by atoms with Gasteiger partial charge < -0.3 is 14.2 Å². The Morgan fingerprint density at radius 3 is 3.04 bits per heavy atom. The number of rotatable bonds is 3. The van der Waals surface area contributed by atoms with Gasteiger partial charge in [-0.15, -0.1) is 10.2 Å². The second-order valence-electron chi connectivity index (χ2n) is 5.08. The Labute approximate surface area is 136 Å². The number of nitrogens with zero attached hydrogens (tertiary/aromatic N) is 6. The van der Waals surface area contributed by atoms with Gasteiger partial charge >= 0.3 is 0 Å². The third kappa shape index (κ3) is 2.92. The molecular formula is C14H14N6O2S. The molecule has 0 aromatic carbocycles. The maximum Gasteiger partial charge on any atom is 0.223 e. The third-order valence-electron chi connectivity index (χ3n) is 3.47. The summed E-state index contributed by atoms with van der Waals surface area (Å²) in [5, 5.41) is 14.1. The van der Waals surface area contributed by atoms with E-state index in [0.29, 0.717) is 24.9 Å². The zero-order valence-electron chi connectivity index (χ0n) is 12.4. The van der Waals surface area contributed by atoms with E-state index in [0.717, 1.165) is 22.4 Å². The summed E-state index contributed by atoms with van der Waals surface area (Å²) in [6.07, 6.45) is 1.53. The van der Waals surface area contributed by atoms with E-state index in [2.05, 4.69) is 30.2 Å². The van der Waals surface area contributed by atoms with Crippen LogP contribution < -0.4 is 4.90 Å². The molecule has 4 rings (SSSR count). The highest BCUT2D eigenvalue weighted by molar-refractivity contribution is 7.18. The number of anilines is 1. The fourth-order valence-electron chi connectivity index (χ4n) is 2.36. The topological polar surface area (TPSA) is 90.1 Å². The highest BCUT2D eigenvalue weighted by atomic mass is 32.1. The van der Waals surface area contributed by atoms with E-state index in [1.165, 1.54) is 11.3 Å². The quantitative estimate of drug-likeness (QED) is 0.719. The summed E-state index contributed by atoms with van der Waals surface area (Å²) in [6.45, 7) is 3.72. The Bertz CT molecular complexity index is 789. The van der Waals surface area contributed by atoms with Gasteiger partial charge in [-0.1, -0.05) is 22.6 Å². The monoisotopic (exact) mass is 330 g/mol. The molecule has 3 aromatic rings. The molecule has 1 aliphatic rings. The van der Waals surface area contributed by atoms with Crippen LogP contribution in [0.2, 0.25) is 0 Å². The van der Waals surface area contributed by atoms with Crippen molar-refractivity contribution in [1.82, 2.24) is 25.3 Å². The molecule has 1 aliphatic heterocycles. The van der Waals surface area contributed by atoms with Gasteiger partial charge in [0.05, 0.1) is 13.2 Å². The van der Waals surface area contributed by atoms with Crippen molar-refractivity contribution in [3.05, 3.63) is 36.1 Å². The molecule has 1 saturated heterocycles. The maximum absolute atomic E-state index is 5.74. The summed E-state index contributed by atoms with van der Waals surface area (Å²) >= 11 is 1.52. The molecule has 1 unspecified atom stereocenters. The van der Waals surface area contributed by atoms with Gasteiger partial charge in [0, 0.05) is 19.7 Å². The zero-order chi connectivity index (χ0) is 15.6. The van der Waals surface area contributed by atoms with Crippen LogP contribution in [0.1, 0.15) is 17.8 Å². The maximum atomic E-state index is 5.74. The van der Waals surface area contributed by atoms with Crippen molar-refractivity contribution < 1.29 is 9.26 Å². The molecule has 0 bridgehead atoms.